The first-order valence-corrected chi connectivity index (χ1v) is 6.82. The molecule has 0 aromatic heterocycles. The summed E-state index contributed by atoms with van der Waals surface area (Å²) in [6.45, 7) is 7.57. The summed E-state index contributed by atoms with van der Waals surface area (Å²) >= 11 is 0. The van der Waals surface area contributed by atoms with Crippen molar-refractivity contribution in [3.8, 4) is 6.07 Å². The third kappa shape index (κ3) is 4.87. The molecule has 0 heterocycles. The second-order valence-electron chi connectivity index (χ2n) is 3.93. The third-order valence-electron chi connectivity index (χ3n) is 1.96. The maximum absolute atomic E-state index is 9.83. The summed E-state index contributed by atoms with van der Waals surface area (Å²) < 4.78 is 6.57. The van der Waals surface area contributed by atoms with E-state index in [2.05, 4.69) is 0 Å². The Morgan fingerprint density at radius 1 is 1.27 bits per heavy atom. The van der Waals surface area contributed by atoms with Crippen LogP contribution < -0.4 is 0 Å². The molecule has 0 saturated carbocycles. The molecule has 2 N–H and O–H groups in total. The van der Waals surface area contributed by atoms with Crippen LogP contribution in [-0.4, -0.2) is 33.1 Å². The van der Waals surface area contributed by atoms with Crippen LogP contribution in [0.1, 0.15) is 34.1 Å². The van der Waals surface area contributed by atoms with Gasteiger partial charge in [-0.1, -0.05) is 0 Å². The van der Waals surface area contributed by atoms with Crippen molar-refractivity contribution in [1.29, 1.82) is 5.26 Å². The Kier molecular flexibility index (Phi) is 6.26. The molecule has 5 nitrogen and oxygen atoms in total. The van der Waals surface area contributed by atoms with Crippen molar-refractivity contribution in [3.63, 3.8) is 0 Å². The van der Waals surface area contributed by atoms with Gasteiger partial charge in [-0.3, -0.25) is 0 Å². The molecule has 0 radical (unpaired) electrons. The summed E-state index contributed by atoms with van der Waals surface area (Å²) in [5.74, 6) is 0. The first-order chi connectivity index (χ1) is 6.83. The summed E-state index contributed by atoms with van der Waals surface area (Å²) in [5, 5.41) is 8.33. The molecule has 0 bridgehead atoms. The van der Waals surface area contributed by atoms with Gasteiger partial charge >= 0.3 is 91.2 Å². The summed E-state index contributed by atoms with van der Waals surface area (Å²) in [6.07, 6.45) is 0.167. The molecule has 0 fully saturated rings. The summed E-state index contributed by atoms with van der Waals surface area (Å²) in [4.78, 5) is 19.7. The zero-order chi connectivity index (χ0) is 12.1. The Bertz CT molecular complexity index is 218. The first-order valence-electron chi connectivity index (χ1n) is 5.07. The van der Waals surface area contributed by atoms with Crippen molar-refractivity contribution < 1.29 is 14.3 Å². The molecule has 0 atom stereocenters. The van der Waals surface area contributed by atoms with Crippen molar-refractivity contribution >= 4 is 8.09 Å². The van der Waals surface area contributed by atoms with Crippen LogP contribution in [0.5, 0.6) is 0 Å². The van der Waals surface area contributed by atoms with Gasteiger partial charge in [-0.2, -0.15) is 0 Å². The van der Waals surface area contributed by atoms with Crippen LogP contribution in [-0.2, 0) is 4.52 Å². The van der Waals surface area contributed by atoms with Gasteiger partial charge in [0.25, 0.3) is 0 Å². The molecule has 0 saturated heterocycles. The molecule has 0 aliphatic carbocycles. The van der Waals surface area contributed by atoms with E-state index >= 15 is 0 Å². The number of nitrogens with zero attached hydrogens (tertiary/aromatic N) is 2. The van der Waals surface area contributed by atoms with E-state index in [1.165, 1.54) is 0 Å². The van der Waals surface area contributed by atoms with Gasteiger partial charge in [-0.25, -0.2) is 0 Å². The number of rotatable bonds is 6. The second kappa shape index (κ2) is 6.37. The third-order valence-corrected chi connectivity index (χ3v) is 4.26. The molecule has 15 heavy (non-hydrogen) atoms. The van der Waals surface area contributed by atoms with Crippen LogP contribution in [0, 0.1) is 11.3 Å². The van der Waals surface area contributed by atoms with E-state index in [1.54, 1.807) is 4.67 Å². The fourth-order valence-electron chi connectivity index (χ4n) is 1.58. The molecule has 90 valence electrons. The predicted octanol–water partition coefficient (Wildman–Crippen LogP) is 1.43. The molecular formula is C9H21N2O3P. The van der Waals surface area contributed by atoms with E-state index in [1.807, 2.05) is 33.8 Å². The van der Waals surface area contributed by atoms with Gasteiger partial charge in [-0.05, 0) is 0 Å². The zero-order valence-corrected chi connectivity index (χ0v) is 10.8. The second-order valence-corrected chi connectivity index (χ2v) is 5.88. The topological polar surface area (TPSA) is 76.7 Å². The van der Waals surface area contributed by atoms with Gasteiger partial charge in [0.05, 0.1) is 0 Å². The summed E-state index contributed by atoms with van der Waals surface area (Å²) in [5.41, 5.74) is 0. The SMILES string of the molecule is CC(C)N(C(C)C)[PH](O)(O)OCCC#N. The minimum absolute atomic E-state index is 0.00578. The molecular weight excluding hydrogens is 215 g/mol. The standard InChI is InChI=1S/C9H21N2O3P/c1-8(2)11(9(3)4)15(12,13)14-7-5-6-10/h8-9,12-13,15H,5,7H2,1-4H3. The van der Waals surface area contributed by atoms with Gasteiger partial charge < -0.3 is 0 Å². The number of nitriles is 1. The van der Waals surface area contributed by atoms with Gasteiger partial charge in [0, 0.05) is 0 Å². The minimum atomic E-state index is -3.81. The average molecular weight is 236 g/mol. The van der Waals surface area contributed by atoms with E-state index in [0.29, 0.717) is 0 Å². The van der Waals surface area contributed by atoms with E-state index in [9.17, 15) is 9.79 Å². The Morgan fingerprint density at radius 2 is 1.73 bits per heavy atom. The van der Waals surface area contributed by atoms with Crippen LogP contribution in [0.25, 0.3) is 0 Å². The van der Waals surface area contributed by atoms with E-state index in [4.69, 9.17) is 9.79 Å². The summed E-state index contributed by atoms with van der Waals surface area (Å²) in [7, 11) is -3.81. The van der Waals surface area contributed by atoms with Crippen molar-refractivity contribution in [1.82, 2.24) is 4.67 Å². The van der Waals surface area contributed by atoms with Crippen molar-refractivity contribution in [2.45, 2.75) is 46.2 Å². The molecule has 0 aliphatic rings. The summed E-state index contributed by atoms with van der Waals surface area (Å²) in [6, 6.07) is 1.88. The molecule has 0 spiro atoms. The number of hydrogen-bond acceptors (Lipinski definition) is 5. The van der Waals surface area contributed by atoms with E-state index < -0.39 is 8.09 Å². The zero-order valence-electron chi connectivity index (χ0n) is 9.77. The van der Waals surface area contributed by atoms with Crippen molar-refractivity contribution in [3.05, 3.63) is 0 Å². The Balaban J connectivity index is 4.44. The van der Waals surface area contributed by atoms with Crippen LogP contribution in [0.3, 0.4) is 0 Å². The van der Waals surface area contributed by atoms with Gasteiger partial charge in [0.1, 0.15) is 0 Å². The Hall–Kier alpha value is -0.240. The molecule has 0 rings (SSSR count). The van der Waals surface area contributed by atoms with Gasteiger partial charge in [0.2, 0.25) is 0 Å². The maximum atomic E-state index is 9.83. The molecule has 0 unspecified atom stereocenters. The fraction of sp³-hybridized carbons (Fsp3) is 0.889. The quantitative estimate of drug-likeness (QED) is 0.539. The molecule has 6 heteroatoms. The first kappa shape index (κ1) is 14.8. The van der Waals surface area contributed by atoms with Crippen LogP contribution in [0.15, 0.2) is 0 Å². The van der Waals surface area contributed by atoms with Crippen LogP contribution in [0.2, 0.25) is 0 Å². The Morgan fingerprint density at radius 3 is 2.07 bits per heavy atom. The van der Waals surface area contributed by atoms with Crippen LogP contribution >= 0.6 is 8.09 Å². The normalized spacial score (nSPS) is 13.6. The predicted molar refractivity (Wildman–Crippen MR) is 61.0 cm³/mol. The van der Waals surface area contributed by atoms with Crippen LogP contribution in [0.4, 0.5) is 0 Å². The fourth-order valence-corrected chi connectivity index (χ4v) is 3.45. The monoisotopic (exact) mass is 236 g/mol. The van der Waals surface area contributed by atoms with Crippen molar-refractivity contribution in [2.24, 2.45) is 0 Å². The van der Waals surface area contributed by atoms with Gasteiger partial charge in [-0.15, -0.1) is 0 Å². The molecule has 0 aromatic rings. The average Bonchev–Trinajstić information content (AvgIpc) is 2.01. The van der Waals surface area contributed by atoms with E-state index in [-0.39, 0.29) is 25.1 Å². The molecule has 0 aliphatic heterocycles. The van der Waals surface area contributed by atoms with Crippen molar-refractivity contribution in [2.75, 3.05) is 6.61 Å². The molecule has 0 aromatic carbocycles. The number of hydrogen-bond donors (Lipinski definition) is 2. The Labute approximate surface area is 91.9 Å². The van der Waals surface area contributed by atoms with E-state index in [0.717, 1.165) is 0 Å². The molecule has 0 amide bonds. The van der Waals surface area contributed by atoms with Gasteiger partial charge in [0.15, 0.2) is 0 Å².